The second-order valence-electron chi connectivity index (χ2n) is 3.86. The zero-order valence-corrected chi connectivity index (χ0v) is 13.2. The topological polar surface area (TPSA) is 108 Å². The van der Waals surface area contributed by atoms with Crippen LogP contribution in [0.25, 0.3) is 5.76 Å². The van der Waals surface area contributed by atoms with Gasteiger partial charge in [0, 0.05) is 11.6 Å². The Morgan fingerprint density at radius 1 is 1.48 bits per heavy atom. The molecule has 3 heterocycles. The van der Waals surface area contributed by atoms with E-state index >= 15 is 0 Å². The molecule has 1 aliphatic heterocycles. The number of aromatic nitrogens is 1. The summed E-state index contributed by atoms with van der Waals surface area (Å²) in [4.78, 5) is 15.8. The average Bonchev–Trinajstić information content (AvgIpc) is 3.03. The number of nitrogens with zero attached hydrogens (tertiary/aromatic N) is 1. The summed E-state index contributed by atoms with van der Waals surface area (Å²) in [5.74, 6) is -1.27. The van der Waals surface area contributed by atoms with Gasteiger partial charge in [0.25, 0.3) is 15.9 Å². The van der Waals surface area contributed by atoms with Crippen LogP contribution in [0.2, 0.25) is 4.34 Å². The van der Waals surface area contributed by atoms with E-state index in [1.165, 1.54) is 12.3 Å². The molecule has 0 saturated carbocycles. The second kappa shape index (κ2) is 4.98. The molecule has 3 rings (SSSR count). The molecule has 0 radical (unpaired) electrons. The van der Waals surface area contributed by atoms with E-state index in [9.17, 15) is 18.3 Å². The Hall–Kier alpha value is -1.62. The number of carbonyl (C=O) groups excluding carboxylic acids is 1. The SMILES string of the molecule is O=C(Nc1nccs1)C1=C(O)c2sc(Cl)cc2S(=O)(=O)N1. The molecule has 11 heteroatoms. The Kier molecular flexibility index (Phi) is 3.40. The highest BCUT2D eigenvalue weighted by Gasteiger charge is 2.35. The van der Waals surface area contributed by atoms with Crippen LogP contribution in [0.15, 0.2) is 28.2 Å². The standard InChI is InChI=1S/C10H6ClN3O4S3/c11-5-3-4-8(20-5)7(15)6(14-21(4,17)18)9(16)13-10-12-1-2-19-10/h1-3,14-15H,(H,12,13,16). The van der Waals surface area contributed by atoms with Crippen LogP contribution in [0.4, 0.5) is 5.13 Å². The molecule has 0 atom stereocenters. The van der Waals surface area contributed by atoms with Crippen LogP contribution in [-0.4, -0.2) is 24.4 Å². The first-order valence-electron chi connectivity index (χ1n) is 5.35. The third-order valence-corrected chi connectivity index (χ3v) is 5.99. The van der Waals surface area contributed by atoms with Crippen LogP contribution in [0, 0.1) is 0 Å². The van der Waals surface area contributed by atoms with Crippen LogP contribution in [0.1, 0.15) is 4.88 Å². The molecular formula is C10H6ClN3O4S3. The normalized spacial score (nSPS) is 16.2. The summed E-state index contributed by atoms with van der Waals surface area (Å²) in [7, 11) is -3.95. The van der Waals surface area contributed by atoms with Gasteiger partial charge in [-0.1, -0.05) is 11.6 Å². The lowest BCUT2D eigenvalue weighted by Crippen LogP contribution is -2.34. The Labute approximate surface area is 132 Å². The molecule has 0 saturated heterocycles. The van der Waals surface area contributed by atoms with Crippen molar-refractivity contribution in [2.24, 2.45) is 0 Å². The van der Waals surface area contributed by atoms with Crippen molar-refractivity contribution in [2.75, 3.05) is 5.32 Å². The van der Waals surface area contributed by atoms with Crippen molar-refractivity contribution in [1.29, 1.82) is 0 Å². The molecule has 0 aliphatic carbocycles. The van der Waals surface area contributed by atoms with E-state index in [4.69, 9.17) is 11.6 Å². The molecule has 1 amide bonds. The number of aliphatic hydroxyl groups is 1. The maximum absolute atomic E-state index is 12.1. The molecule has 1 aliphatic rings. The van der Waals surface area contributed by atoms with Crippen molar-refractivity contribution in [3.63, 3.8) is 0 Å². The van der Waals surface area contributed by atoms with Gasteiger partial charge in [-0.05, 0) is 6.07 Å². The number of nitrogens with one attached hydrogen (secondary N) is 2. The van der Waals surface area contributed by atoms with Gasteiger partial charge in [-0.25, -0.2) is 13.4 Å². The maximum Gasteiger partial charge on any atom is 0.278 e. The molecule has 0 aromatic carbocycles. The van der Waals surface area contributed by atoms with Crippen LogP contribution < -0.4 is 10.0 Å². The van der Waals surface area contributed by atoms with E-state index in [2.05, 4.69) is 10.3 Å². The van der Waals surface area contributed by atoms with Crippen molar-refractivity contribution in [3.05, 3.63) is 32.6 Å². The number of hydrogen-bond donors (Lipinski definition) is 3. The minimum atomic E-state index is -3.95. The van der Waals surface area contributed by atoms with Gasteiger partial charge in [0.05, 0.1) is 9.21 Å². The van der Waals surface area contributed by atoms with E-state index in [-0.39, 0.29) is 19.2 Å². The number of hydrogen-bond acceptors (Lipinski definition) is 7. The Morgan fingerprint density at radius 3 is 2.90 bits per heavy atom. The number of thiophene rings is 1. The first-order chi connectivity index (χ1) is 9.88. The van der Waals surface area contributed by atoms with E-state index in [0.29, 0.717) is 0 Å². The molecule has 0 bridgehead atoms. The van der Waals surface area contributed by atoms with E-state index in [1.807, 2.05) is 4.72 Å². The predicted octanol–water partition coefficient (Wildman–Crippen LogP) is 2.02. The highest BCUT2D eigenvalue weighted by atomic mass is 35.5. The lowest BCUT2D eigenvalue weighted by Gasteiger charge is -2.17. The number of amides is 1. The van der Waals surface area contributed by atoms with Gasteiger partial charge in [-0.15, -0.1) is 22.7 Å². The molecule has 21 heavy (non-hydrogen) atoms. The van der Waals surface area contributed by atoms with Crippen LogP contribution >= 0.6 is 34.3 Å². The molecular weight excluding hydrogens is 358 g/mol. The fraction of sp³-hybridized carbons (Fsp3) is 0. The van der Waals surface area contributed by atoms with Crippen molar-refractivity contribution >= 4 is 61.1 Å². The molecule has 0 spiro atoms. The van der Waals surface area contributed by atoms with Gasteiger partial charge in [-0.3, -0.25) is 14.8 Å². The minimum absolute atomic E-state index is 0.0306. The molecule has 0 unspecified atom stereocenters. The van der Waals surface area contributed by atoms with Gasteiger partial charge in [0.1, 0.15) is 4.90 Å². The zero-order chi connectivity index (χ0) is 15.2. The lowest BCUT2D eigenvalue weighted by atomic mass is 10.3. The van der Waals surface area contributed by atoms with E-state index in [1.54, 1.807) is 5.38 Å². The van der Waals surface area contributed by atoms with E-state index in [0.717, 1.165) is 22.7 Å². The largest absolute Gasteiger partial charge is 0.504 e. The van der Waals surface area contributed by atoms with Crippen molar-refractivity contribution in [3.8, 4) is 0 Å². The molecule has 110 valence electrons. The van der Waals surface area contributed by atoms with Crippen molar-refractivity contribution in [1.82, 2.24) is 9.71 Å². The van der Waals surface area contributed by atoms with Crippen LogP contribution in [0.3, 0.4) is 0 Å². The summed E-state index contributed by atoms with van der Waals surface area (Å²) < 4.78 is 26.3. The van der Waals surface area contributed by atoms with Gasteiger partial charge >= 0.3 is 0 Å². The Morgan fingerprint density at radius 2 is 2.24 bits per heavy atom. The summed E-state index contributed by atoms with van der Waals surface area (Å²) in [6.45, 7) is 0. The Balaban J connectivity index is 2.04. The van der Waals surface area contributed by atoms with Gasteiger partial charge in [-0.2, -0.15) is 0 Å². The summed E-state index contributed by atoms with van der Waals surface area (Å²) in [5.41, 5.74) is -0.462. The number of carbonyl (C=O) groups is 1. The van der Waals surface area contributed by atoms with Crippen LogP contribution in [-0.2, 0) is 14.8 Å². The first kappa shape index (κ1) is 14.3. The number of anilines is 1. The number of fused-ring (bicyclic) bond motifs is 1. The van der Waals surface area contributed by atoms with Gasteiger partial charge in [0.2, 0.25) is 0 Å². The Bertz CT molecular complexity index is 854. The fourth-order valence-electron chi connectivity index (χ4n) is 1.66. The number of aliphatic hydroxyl groups excluding tert-OH is 1. The molecule has 0 fully saturated rings. The monoisotopic (exact) mass is 363 g/mol. The highest BCUT2D eigenvalue weighted by Crippen LogP contribution is 2.38. The van der Waals surface area contributed by atoms with Gasteiger partial charge in [0.15, 0.2) is 16.6 Å². The number of rotatable bonds is 2. The summed E-state index contributed by atoms with van der Waals surface area (Å²) in [6, 6.07) is 1.22. The first-order valence-corrected chi connectivity index (χ1v) is 8.91. The number of halogens is 1. The summed E-state index contributed by atoms with van der Waals surface area (Å²) >= 11 is 7.81. The third-order valence-electron chi connectivity index (χ3n) is 2.53. The van der Waals surface area contributed by atoms with Crippen molar-refractivity contribution in [2.45, 2.75) is 4.90 Å². The average molecular weight is 364 g/mol. The zero-order valence-electron chi connectivity index (χ0n) is 9.95. The number of sulfonamides is 1. The smallest absolute Gasteiger partial charge is 0.278 e. The lowest BCUT2D eigenvalue weighted by molar-refractivity contribution is -0.113. The van der Waals surface area contributed by atoms with Crippen LogP contribution in [0.5, 0.6) is 0 Å². The molecule has 2 aromatic rings. The predicted molar refractivity (Wildman–Crippen MR) is 79.9 cm³/mol. The quantitative estimate of drug-likeness (QED) is 0.756. The molecule has 7 nitrogen and oxygen atoms in total. The minimum Gasteiger partial charge on any atom is -0.504 e. The van der Waals surface area contributed by atoms with Gasteiger partial charge < -0.3 is 5.11 Å². The molecule has 2 aromatic heterocycles. The highest BCUT2D eigenvalue weighted by molar-refractivity contribution is 7.90. The van der Waals surface area contributed by atoms with Crippen molar-refractivity contribution < 1.29 is 18.3 Å². The number of thiazole rings is 1. The second-order valence-corrected chi connectivity index (χ2v) is 8.09. The molecule has 3 N–H and O–H groups in total. The maximum atomic E-state index is 12.1. The fourth-order valence-corrected chi connectivity index (χ4v) is 5.03. The van der Waals surface area contributed by atoms with E-state index < -0.39 is 27.4 Å². The summed E-state index contributed by atoms with van der Waals surface area (Å²) in [5, 5.41) is 14.4. The third kappa shape index (κ3) is 2.50. The summed E-state index contributed by atoms with van der Waals surface area (Å²) in [6.07, 6.45) is 1.48.